The second-order valence-electron chi connectivity index (χ2n) is 2.30. The van der Waals surface area contributed by atoms with Crippen LogP contribution in [-0.2, 0) is 0 Å². The van der Waals surface area contributed by atoms with E-state index in [2.05, 4.69) is 25.7 Å². The second kappa shape index (κ2) is 3.72. The third kappa shape index (κ3) is 1.88. The monoisotopic (exact) mass is 229 g/mol. The smallest absolute Gasteiger partial charge is 0.286 e. The van der Waals surface area contributed by atoms with Crippen molar-refractivity contribution in [2.75, 3.05) is 5.32 Å². The van der Waals surface area contributed by atoms with Gasteiger partial charge in [-0.15, -0.1) is 10.2 Å². The molecule has 2 aromatic heterocycles. The predicted octanol–water partition coefficient (Wildman–Crippen LogP) is 1.17. The van der Waals surface area contributed by atoms with Gasteiger partial charge in [-0.2, -0.15) is 5.10 Å². The number of nitrogens with zero attached hydrogens (tertiary/aromatic N) is 3. The Kier molecular flexibility index (Phi) is 2.42. The minimum atomic E-state index is -0.351. The lowest BCUT2D eigenvalue weighted by Crippen LogP contribution is -2.10. The van der Waals surface area contributed by atoms with Crippen LogP contribution in [0.5, 0.6) is 0 Å². The first kappa shape index (κ1) is 9.10. The van der Waals surface area contributed by atoms with Crippen molar-refractivity contribution in [2.45, 2.75) is 0 Å². The summed E-state index contributed by atoms with van der Waals surface area (Å²) in [6.07, 6.45) is 3.04. The Morgan fingerprint density at radius 2 is 2.43 bits per heavy atom. The number of nitrogens with one attached hydrogen (secondary N) is 2. The summed E-state index contributed by atoms with van der Waals surface area (Å²) in [5.41, 5.74) is 0.571. The van der Waals surface area contributed by atoms with Gasteiger partial charge in [-0.3, -0.25) is 9.89 Å². The molecule has 0 aliphatic carbocycles. The van der Waals surface area contributed by atoms with E-state index in [1.807, 2.05) is 0 Å². The molecule has 1 amide bonds. The molecule has 2 N–H and O–H groups in total. The largest absolute Gasteiger partial charge is 0.317 e. The Morgan fingerprint density at radius 3 is 3.00 bits per heavy atom. The highest BCUT2D eigenvalue weighted by Gasteiger charge is 2.12. The van der Waals surface area contributed by atoms with E-state index in [1.165, 1.54) is 6.20 Å². The first-order valence-electron chi connectivity index (χ1n) is 3.55. The summed E-state index contributed by atoms with van der Waals surface area (Å²) in [7, 11) is 0. The third-order valence-corrected chi connectivity index (χ3v) is 2.37. The van der Waals surface area contributed by atoms with Crippen molar-refractivity contribution >= 4 is 34.5 Å². The van der Waals surface area contributed by atoms with Crippen LogP contribution in [-0.4, -0.2) is 26.3 Å². The Bertz CT molecular complexity index is 439. The zero-order valence-corrected chi connectivity index (χ0v) is 8.26. The molecule has 0 atom stereocenters. The molecule has 72 valence electrons. The van der Waals surface area contributed by atoms with Gasteiger partial charge in [-0.05, 0) is 11.6 Å². The zero-order chi connectivity index (χ0) is 9.97. The van der Waals surface area contributed by atoms with E-state index in [0.29, 0.717) is 5.69 Å². The molecule has 0 aliphatic rings. The van der Waals surface area contributed by atoms with Gasteiger partial charge in [0.25, 0.3) is 5.91 Å². The van der Waals surface area contributed by atoms with Crippen LogP contribution in [0.2, 0.25) is 4.47 Å². The van der Waals surface area contributed by atoms with Crippen LogP contribution in [0.3, 0.4) is 0 Å². The normalized spacial score (nSPS) is 10.1. The first-order valence-corrected chi connectivity index (χ1v) is 4.74. The number of halogens is 1. The maximum Gasteiger partial charge on any atom is 0.286 e. The second-order valence-corrected chi connectivity index (χ2v) is 3.86. The van der Waals surface area contributed by atoms with E-state index in [4.69, 9.17) is 11.6 Å². The van der Waals surface area contributed by atoms with E-state index in [-0.39, 0.29) is 15.4 Å². The summed E-state index contributed by atoms with van der Waals surface area (Å²) in [5.74, 6) is -0.351. The molecule has 8 heteroatoms. The number of aromatic nitrogens is 4. The lowest BCUT2D eigenvalue weighted by molar-refractivity contribution is 0.102. The molecule has 0 unspecified atom stereocenters. The molecule has 2 heterocycles. The van der Waals surface area contributed by atoms with Crippen LogP contribution in [0.1, 0.15) is 9.80 Å². The minimum Gasteiger partial charge on any atom is -0.317 e. The molecule has 0 saturated heterocycles. The summed E-state index contributed by atoms with van der Waals surface area (Å²) in [6, 6.07) is 0. The van der Waals surface area contributed by atoms with Crippen LogP contribution >= 0.6 is 22.9 Å². The van der Waals surface area contributed by atoms with Gasteiger partial charge in [0.2, 0.25) is 9.47 Å². The number of anilines is 1. The topological polar surface area (TPSA) is 83.6 Å². The maximum atomic E-state index is 11.4. The average Bonchev–Trinajstić information content (AvgIpc) is 2.75. The van der Waals surface area contributed by atoms with Crippen molar-refractivity contribution in [3.05, 3.63) is 21.9 Å². The highest BCUT2D eigenvalue weighted by atomic mass is 35.5. The minimum absolute atomic E-state index is 0.219. The summed E-state index contributed by atoms with van der Waals surface area (Å²) in [6.45, 7) is 0. The number of amides is 1. The number of carbonyl (C=O) groups excluding carboxylic acids is 1. The lowest BCUT2D eigenvalue weighted by atomic mass is 10.5. The van der Waals surface area contributed by atoms with Crippen LogP contribution in [0.25, 0.3) is 0 Å². The fourth-order valence-corrected chi connectivity index (χ4v) is 1.52. The van der Waals surface area contributed by atoms with Gasteiger partial charge in [0.15, 0.2) is 0 Å². The number of rotatable bonds is 2. The Hall–Kier alpha value is -1.47. The quantitative estimate of drug-likeness (QED) is 0.810. The number of carbonyl (C=O) groups is 1. The number of aromatic amines is 1. The third-order valence-electron chi connectivity index (χ3n) is 1.35. The van der Waals surface area contributed by atoms with E-state index < -0.39 is 0 Å². The van der Waals surface area contributed by atoms with Crippen LogP contribution < -0.4 is 5.32 Å². The van der Waals surface area contributed by atoms with Gasteiger partial charge < -0.3 is 5.32 Å². The highest BCUT2D eigenvalue weighted by molar-refractivity contribution is 7.17. The Balaban J connectivity index is 2.10. The Morgan fingerprint density at radius 1 is 1.57 bits per heavy atom. The molecule has 0 fully saturated rings. The maximum absolute atomic E-state index is 11.4. The molecular formula is C6H4ClN5OS. The summed E-state index contributed by atoms with van der Waals surface area (Å²) in [4.78, 5) is 11.4. The van der Waals surface area contributed by atoms with E-state index in [9.17, 15) is 4.79 Å². The lowest BCUT2D eigenvalue weighted by Gasteiger charge is -1.95. The van der Waals surface area contributed by atoms with E-state index >= 15 is 0 Å². The van der Waals surface area contributed by atoms with Crippen molar-refractivity contribution in [2.24, 2.45) is 0 Å². The number of hydrogen-bond acceptors (Lipinski definition) is 5. The van der Waals surface area contributed by atoms with Gasteiger partial charge in [0, 0.05) is 6.20 Å². The molecule has 2 rings (SSSR count). The van der Waals surface area contributed by atoms with Crippen molar-refractivity contribution in [1.29, 1.82) is 0 Å². The standard InChI is InChI=1S/C6H4ClN5OS/c7-6-12-11-5(14-6)4(13)10-3-1-8-9-2-3/h1-2H,(H,8,9)(H,10,13). The molecule has 0 aromatic carbocycles. The SMILES string of the molecule is O=C(Nc1cn[nH]c1)c1nnc(Cl)s1. The Labute approximate surface area is 87.3 Å². The highest BCUT2D eigenvalue weighted by Crippen LogP contribution is 2.15. The first-order chi connectivity index (χ1) is 6.75. The zero-order valence-electron chi connectivity index (χ0n) is 6.69. The molecule has 0 saturated carbocycles. The number of H-pyrrole nitrogens is 1. The summed E-state index contributed by atoms with van der Waals surface area (Å²) in [5, 5.41) is 16.1. The van der Waals surface area contributed by atoms with Gasteiger partial charge in [-0.25, -0.2) is 0 Å². The van der Waals surface area contributed by atoms with E-state index in [1.54, 1.807) is 6.20 Å². The van der Waals surface area contributed by atoms with Crippen molar-refractivity contribution in [1.82, 2.24) is 20.4 Å². The van der Waals surface area contributed by atoms with Crippen molar-refractivity contribution in [3.63, 3.8) is 0 Å². The molecule has 0 aliphatic heterocycles. The van der Waals surface area contributed by atoms with Crippen LogP contribution in [0, 0.1) is 0 Å². The molecular weight excluding hydrogens is 226 g/mol. The molecule has 0 bridgehead atoms. The fourth-order valence-electron chi connectivity index (χ4n) is 0.801. The van der Waals surface area contributed by atoms with Crippen LogP contribution in [0.15, 0.2) is 12.4 Å². The van der Waals surface area contributed by atoms with Gasteiger partial charge >= 0.3 is 0 Å². The molecule has 0 radical (unpaired) electrons. The summed E-state index contributed by atoms with van der Waals surface area (Å²) >= 11 is 6.55. The fraction of sp³-hybridized carbons (Fsp3) is 0. The predicted molar refractivity (Wildman–Crippen MR) is 51.5 cm³/mol. The molecule has 0 spiro atoms. The van der Waals surface area contributed by atoms with Gasteiger partial charge in [0.1, 0.15) is 0 Å². The van der Waals surface area contributed by atoms with Gasteiger partial charge in [0.05, 0.1) is 11.9 Å². The molecule has 14 heavy (non-hydrogen) atoms. The molecule has 2 aromatic rings. The van der Waals surface area contributed by atoms with Gasteiger partial charge in [-0.1, -0.05) is 11.3 Å². The van der Waals surface area contributed by atoms with E-state index in [0.717, 1.165) is 11.3 Å². The molecule has 6 nitrogen and oxygen atoms in total. The van der Waals surface area contributed by atoms with Crippen LogP contribution in [0.4, 0.5) is 5.69 Å². The average molecular weight is 230 g/mol. The number of hydrogen-bond donors (Lipinski definition) is 2. The van der Waals surface area contributed by atoms with Crippen molar-refractivity contribution < 1.29 is 4.79 Å². The summed E-state index contributed by atoms with van der Waals surface area (Å²) < 4.78 is 0.238. The van der Waals surface area contributed by atoms with Crippen molar-refractivity contribution in [3.8, 4) is 0 Å².